The third-order valence-electron chi connectivity index (χ3n) is 6.72. The van der Waals surface area contributed by atoms with Gasteiger partial charge in [0.2, 0.25) is 0 Å². The molecule has 35 heavy (non-hydrogen) atoms. The topological polar surface area (TPSA) is 77.2 Å². The number of alkyl halides is 3. The molecule has 2 aliphatic rings. The van der Waals surface area contributed by atoms with Gasteiger partial charge < -0.3 is 10.2 Å². The Morgan fingerprint density at radius 3 is 2.74 bits per heavy atom. The average molecular weight is 485 g/mol. The Bertz CT molecular complexity index is 1180. The van der Waals surface area contributed by atoms with E-state index in [4.69, 9.17) is 0 Å². The van der Waals surface area contributed by atoms with Gasteiger partial charge in [0, 0.05) is 61.3 Å². The number of benzene rings is 1. The predicted octanol–water partition coefficient (Wildman–Crippen LogP) is 4.22. The van der Waals surface area contributed by atoms with Crippen LogP contribution in [0.4, 0.5) is 18.0 Å². The predicted molar refractivity (Wildman–Crippen MR) is 124 cm³/mol. The minimum Gasteiger partial charge on any atom is -0.334 e. The first-order chi connectivity index (χ1) is 16.9. The molecule has 0 radical (unpaired) electrons. The van der Waals surface area contributed by atoms with E-state index in [1.54, 1.807) is 23.4 Å². The van der Waals surface area contributed by atoms with Crippen molar-refractivity contribution in [2.75, 3.05) is 19.6 Å². The van der Waals surface area contributed by atoms with Crippen molar-refractivity contribution in [3.05, 3.63) is 71.2 Å². The number of pyridine rings is 1. The number of nitrogens with one attached hydrogen (secondary N) is 2. The molecular formula is C25H27F3N6O. The monoisotopic (exact) mass is 484 g/mol. The van der Waals surface area contributed by atoms with Gasteiger partial charge in [0.15, 0.2) is 0 Å². The van der Waals surface area contributed by atoms with Crippen LogP contribution in [0.25, 0.3) is 11.3 Å². The summed E-state index contributed by atoms with van der Waals surface area (Å²) < 4.78 is 40.2. The van der Waals surface area contributed by atoms with Gasteiger partial charge in [-0.15, -0.1) is 0 Å². The number of piperidine rings is 1. The van der Waals surface area contributed by atoms with Crippen molar-refractivity contribution in [2.45, 2.75) is 44.6 Å². The fraction of sp³-hybridized carbons (Fsp3) is 0.400. The molecule has 7 nitrogen and oxygen atoms in total. The number of aromatic amines is 1. The molecule has 2 N–H and O–H groups in total. The SMILES string of the molecule is O=C(NC1CCCN(Cc2ccccc2C(F)(F)F)C1)N1CCc2[nH]nc(-c3ccncc3)c2C1. The van der Waals surface area contributed by atoms with Gasteiger partial charge >= 0.3 is 12.2 Å². The van der Waals surface area contributed by atoms with E-state index in [0.29, 0.717) is 32.6 Å². The van der Waals surface area contributed by atoms with Crippen LogP contribution in [0.15, 0.2) is 48.8 Å². The molecule has 1 atom stereocenters. The number of carbonyl (C=O) groups is 1. The van der Waals surface area contributed by atoms with Crippen molar-refractivity contribution in [2.24, 2.45) is 0 Å². The van der Waals surface area contributed by atoms with E-state index in [1.165, 1.54) is 12.1 Å². The third kappa shape index (κ3) is 5.17. The summed E-state index contributed by atoms with van der Waals surface area (Å²) in [6.07, 6.45) is 1.35. The van der Waals surface area contributed by atoms with Crippen LogP contribution in [-0.2, 0) is 25.7 Å². The fourth-order valence-corrected chi connectivity index (χ4v) is 4.98. The second-order valence-electron chi connectivity index (χ2n) is 9.12. The summed E-state index contributed by atoms with van der Waals surface area (Å²) >= 11 is 0. The molecule has 0 bridgehead atoms. The molecule has 0 spiro atoms. The highest BCUT2D eigenvalue weighted by molar-refractivity contribution is 5.75. The lowest BCUT2D eigenvalue weighted by atomic mass is 10.0. The van der Waals surface area contributed by atoms with Gasteiger partial charge in [-0.1, -0.05) is 18.2 Å². The molecule has 2 aliphatic heterocycles. The number of rotatable bonds is 4. The summed E-state index contributed by atoms with van der Waals surface area (Å²) in [7, 11) is 0. The highest BCUT2D eigenvalue weighted by atomic mass is 19.4. The molecule has 184 valence electrons. The highest BCUT2D eigenvalue weighted by Crippen LogP contribution is 2.33. The first-order valence-electron chi connectivity index (χ1n) is 11.8. The summed E-state index contributed by atoms with van der Waals surface area (Å²) in [5.41, 5.74) is 3.48. The number of halogens is 3. The number of H-pyrrole nitrogens is 1. The maximum atomic E-state index is 13.4. The zero-order valence-corrected chi connectivity index (χ0v) is 19.2. The molecule has 2 aromatic heterocycles. The molecule has 10 heteroatoms. The van der Waals surface area contributed by atoms with E-state index in [9.17, 15) is 18.0 Å². The first kappa shape index (κ1) is 23.3. The molecule has 1 unspecified atom stereocenters. The summed E-state index contributed by atoms with van der Waals surface area (Å²) in [5, 5.41) is 10.7. The van der Waals surface area contributed by atoms with Gasteiger partial charge in [0.1, 0.15) is 0 Å². The lowest BCUT2D eigenvalue weighted by Gasteiger charge is -2.35. The molecule has 1 saturated heterocycles. The van der Waals surface area contributed by atoms with Gasteiger partial charge in [-0.2, -0.15) is 18.3 Å². The summed E-state index contributed by atoms with van der Waals surface area (Å²) in [6.45, 7) is 2.46. The molecule has 2 amide bonds. The number of amides is 2. The molecule has 3 aromatic rings. The molecule has 1 fully saturated rings. The average Bonchev–Trinajstić information content (AvgIpc) is 3.28. The Morgan fingerprint density at radius 2 is 1.94 bits per heavy atom. The van der Waals surface area contributed by atoms with E-state index in [-0.39, 0.29) is 24.2 Å². The van der Waals surface area contributed by atoms with Gasteiger partial charge in [-0.25, -0.2) is 4.79 Å². The van der Waals surface area contributed by atoms with Crippen LogP contribution in [0.1, 0.15) is 35.2 Å². The summed E-state index contributed by atoms with van der Waals surface area (Å²) in [4.78, 5) is 20.9. The first-order valence-corrected chi connectivity index (χ1v) is 11.8. The molecule has 0 aliphatic carbocycles. The van der Waals surface area contributed by atoms with Gasteiger partial charge in [0.25, 0.3) is 0 Å². The number of nitrogens with zero attached hydrogens (tertiary/aromatic N) is 4. The molecule has 1 aromatic carbocycles. The molecule has 5 rings (SSSR count). The number of hydrogen-bond acceptors (Lipinski definition) is 4. The van der Waals surface area contributed by atoms with E-state index >= 15 is 0 Å². The van der Waals surface area contributed by atoms with E-state index < -0.39 is 11.7 Å². The Morgan fingerprint density at radius 1 is 1.14 bits per heavy atom. The highest BCUT2D eigenvalue weighted by Gasteiger charge is 2.34. The Balaban J connectivity index is 1.22. The number of fused-ring (bicyclic) bond motifs is 1. The smallest absolute Gasteiger partial charge is 0.334 e. The lowest BCUT2D eigenvalue weighted by molar-refractivity contribution is -0.138. The Hall–Kier alpha value is -3.40. The van der Waals surface area contributed by atoms with Crippen molar-refractivity contribution < 1.29 is 18.0 Å². The Kier molecular flexibility index (Phi) is 6.46. The van der Waals surface area contributed by atoms with Crippen LogP contribution in [0, 0.1) is 0 Å². The van der Waals surface area contributed by atoms with Crippen LogP contribution in [0.5, 0.6) is 0 Å². The largest absolute Gasteiger partial charge is 0.416 e. The molecular weight excluding hydrogens is 457 g/mol. The minimum absolute atomic E-state index is 0.111. The number of urea groups is 1. The zero-order valence-electron chi connectivity index (χ0n) is 19.2. The standard InChI is InChI=1S/C25H27F3N6O/c26-25(27,28)21-6-2-1-4-18(21)14-33-12-3-5-19(15-33)30-24(35)34-13-9-22-20(16-34)23(32-31-22)17-7-10-29-11-8-17/h1-2,4,6-8,10-11,19H,3,5,9,12-16H2,(H,30,35)(H,31,32). The normalized spacial score (nSPS) is 18.8. The molecule has 0 saturated carbocycles. The number of aromatic nitrogens is 3. The summed E-state index contributed by atoms with van der Waals surface area (Å²) in [6, 6.07) is 9.22. The van der Waals surface area contributed by atoms with Crippen LogP contribution < -0.4 is 5.32 Å². The second-order valence-corrected chi connectivity index (χ2v) is 9.12. The van der Waals surface area contributed by atoms with E-state index in [2.05, 4.69) is 20.5 Å². The maximum Gasteiger partial charge on any atom is 0.416 e. The van der Waals surface area contributed by atoms with Crippen LogP contribution in [0.3, 0.4) is 0 Å². The third-order valence-corrected chi connectivity index (χ3v) is 6.72. The van der Waals surface area contributed by atoms with Crippen LogP contribution in [-0.4, -0.2) is 56.7 Å². The van der Waals surface area contributed by atoms with Crippen LogP contribution >= 0.6 is 0 Å². The molecule has 4 heterocycles. The number of hydrogen-bond donors (Lipinski definition) is 2. The minimum atomic E-state index is -4.38. The second kappa shape index (κ2) is 9.69. The quantitative estimate of drug-likeness (QED) is 0.581. The van der Waals surface area contributed by atoms with E-state index in [1.807, 2.05) is 17.0 Å². The number of carbonyl (C=O) groups excluding carboxylic acids is 1. The van der Waals surface area contributed by atoms with Crippen molar-refractivity contribution in [3.8, 4) is 11.3 Å². The van der Waals surface area contributed by atoms with E-state index in [0.717, 1.165) is 41.4 Å². The summed E-state index contributed by atoms with van der Waals surface area (Å²) in [5.74, 6) is 0. The number of likely N-dealkylation sites (tertiary alicyclic amines) is 1. The van der Waals surface area contributed by atoms with Crippen LogP contribution in [0.2, 0.25) is 0 Å². The van der Waals surface area contributed by atoms with Crippen molar-refractivity contribution in [1.29, 1.82) is 0 Å². The van der Waals surface area contributed by atoms with Gasteiger partial charge in [-0.3, -0.25) is 15.0 Å². The van der Waals surface area contributed by atoms with Gasteiger partial charge in [0.05, 0.1) is 17.8 Å². The fourth-order valence-electron chi connectivity index (χ4n) is 4.98. The maximum absolute atomic E-state index is 13.4. The van der Waals surface area contributed by atoms with Crippen molar-refractivity contribution >= 4 is 6.03 Å². The zero-order chi connectivity index (χ0) is 24.4. The Labute approximate surface area is 201 Å². The lowest BCUT2D eigenvalue weighted by Crippen LogP contribution is -2.52. The van der Waals surface area contributed by atoms with Gasteiger partial charge in [-0.05, 0) is 43.1 Å². The van der Waals surface area contributed by atoms with Crippen molar-refractivity contribution in [1.82, 2.24) is 30.3 Å². The van der Waals surface area contributed by atoms with Crippen molar-refractivity contribution in [3.63, 3.8) is 0 Å².